The molecule has 0 bridgehead atoms. The van der Waals surface area contributed by atoms with Crippen LogP contribution in [0.25, 0.3) is 10.9 Å². The van der Waals surface area contributed by atoms with Gasteiger partial charge in [0.15, 0.2) is 5.96 Å². The molecule has 1 unspecified atom stereocenters. The highest BCUT2D eigenvalue weighted by atomic mass is 127. The van der Waals surface area contributed by atoms with E-state index >= 15 is 0 Å². The van der Waals surface area contributed by atoms with Gasteiger partial charge in [0.2, 0.25) is 0 Å². The van der Waals surface area contributed by atoms with E-state index in [-0.39, 0.29) is 29.8 Å². The van der Waals surface area contributed by atoms with Crippen molar-refractivity contribution in [3.63, 3.8) is 0 Å². The van der Waals surface area contributed by atoms with Crippen LogP contribution < -0.4 is 10.6 Å². The summed E-state index contributed by atoms with van der Waals surface area (Å²) in [6.45, 7) is 13.5. The first-order chi connectivity index (χ1) is 14.5. The van der Waals surface area contributed by atoms with Gasteiger partial charge in [0.1, 0.15) is 5.82 Å². The summed E-state index contributed by atoms with van der Waals surface area (Å²) >= 11 is 0. The maximum Gasteiger partial charge on any atom is 0.191 e. The van der Waals surface area contributed by atoms with Gasteiger partial charge in [0, 0.05) is 62.4 Å². The predicted octanol–water partition coefficient (Wildman–Crippen LogP) is 3.29. The molecule has 31 heavy (non-hydrogen) atoms. The minimum Gasteiger partial charge on any atom is -0.361 e. The zero-order valence-corrected chi connectivity index (χ0v) is 21.6. The van der Waals surface area contributed by atoms with E-state index in [1.54, 1.807) is 6.07 Å². The van der Waals surface area contributed by atoms with Crippen LogP contribution in [-0.2, 0) is 6.42 Å². The molecule has 1 aromatic heterocycles. The van der Waals surface area contributed by atoms with E-state index in [0.29, 0.717) is 12.0 Å². The molecular formula is C23H38FIN6. The lowest BCUT2D eigenvalue weighted by Gasteiger charge is -2.39. The molecule has 1 saturated heterocycles. The normalized spacial score (nSPS) is 17.0. The van der Waals surface area contributed by atoms with Gasteiger partial charge in [-0.05, 0) is 50.1 Å². The zero-order valence-electron chi connectivity index (χ0n) is 19.2. The minimum atomic E-state index is -0.212. The molecule has 1 fully saturated rings. The summed E-state index contributed by atoms with van der Waals surface area (Å²) in [5.74, 6) is 1.21. The van der Waals surface area contributed by atoms with Crippen molar-refractivity contribution in [3.8, 4) is 0 Å². The van der Waals surface area contributed by atoms with E-state index in [9.17, 15) is 4.39 Å². The molecule has 3 rings (SSSR count). The second kappa shape index (κ2) is 12.6. The van der Waals surface area contributed by atoms with Crippen molar-refractivity contribution in [2.75, 3.05) is 52.9 Å². The maximum absolute atomic E-state index is 13.4. The number of benzene rings is 1. The summed E-state index contributed by atoms with van der Waals surface area (Å²) in [6, 6.07) is 5.36. The first kappa shape index (κ1) is 25.9. The highest BCUT2D eigenvalue weighted by Gasteiger charge is 2.24. The fraction of sp³-hybridized carbons (Fsp3) is 0.609. The summed E-state index contributed by atoms with van der Waals surface area (Å²) in [5, 5.41) is 7.91. The summed E-state index contributed by atoms with van der Waals surface area (Å²) in [4.78, 5) is 13.0. The SMILES string of the molecule is CCNC(=NCC(C(C)C)N1CCN(C)CC1)NCCc1c[nH]c2cc(F)ccc12.I. The molecule has 2 heterocycles. The molecule has 1 aliphatic heterocycles. The number of hydrogen-bond acceptors (Lipinski definition) is 3. The van der Waals surface area contributed by atoms with Gasteiger partial charge in [-0.2, -0.15) is 0 Å². The summed E-state index contributed by atoms with van der Waals surface area (Å²) in [7, 11) is 2.19. The lowest BCUT2D eigenvalue weighted by Crippen LogP contribution is -2.52. The third-order valence-electron chi connectivity index (χ3n) is 5.97. The largest absolute Gasteiger partial charge is 0.361 e. The number of hydrogen-bond donors (Lipinski definition) is 3. The average Bonchev–Trinajstić information content (AvgIpc) is 3.11. The first-order valence-electron chi connectivity index (χ1n) is 11.2. The van der Waals surface area contributed by atoms with Crippen LogP contribution in [-0.4, -0.2) is 79.6 Å². The molecule has 1 aromatic carbocycles. The van der Waals surface area contributed by atoms with Crippen molar-refractivity contribution in [2.24, 2.45) is 10.9 Å². The molecular weight excluding hydrogens is 506 g/mol. The quantitative estimate of drug-likeness (QED) is 0.271. The predicted molar refractivity (Wildman–Crippen MR) is 139 cm³/mol. The fourth-order valence-corrected chi connectivity index (χ4v) is 4.11. The molecule has 2 aromatic rings. The van der Waals surface area contributed by atoms with Crippen molar-refractivity contribution in [1.29, 1.82) is 0 Å². The number of piperazine rings is 1. The Bertz CT molecular complexity index is 829. The average molecular weight is 545 g/mol. The number of nitrogens with zero attached hydrogens (tertiary/aromatic N) is 3. The molecule has 0 aliphatic carbocycles. The molecule has 0 spiro atoms. The fourth-order valence-electron chi connectivity index (χ4n) is 4.11. The third-order valence-corrected chi connectivity index (χ3v) is 5.97. The van der Waals surface area contributed by atoms with Crippen LogP contribution in [0, 0.1) is 11.7 Å². The molecule has 3 N–H and O–H groups in total. The second-order valence-electron chi connectivity index (χ2n) is 8.55. The van der Waals surface area contributed by atoms with E-state index in [1.807, 2.05) is 12.3 Å². The standard InChI is InChI=1S/C23H37FN6.HI/c1-5-25-23(28-16-22(17(2)3)30-12-10-29(4)11-13-30)26-9-8-18-15-27-21-14-19(24)6-7-20(18)21;/h6-7,14-15,17,22,27H,5,8-13,16H2,1-4H3,(H2,25,26,28);1H. The number of H-pyrrole nitrogens is 1. The number of fused-ring (bicyclic) bond motifs is 1. The van der Waals surface area contributed by atoms with Crippen molar-refractivity contribution < 1.29 is 4.39 Å². The van der Waals surface area contributed by atoms with Gasteiger partial charge >= 0.3 is 0 Å². The lowest BCUT2D eigenvalue weighted by atomic mass is 10.0. The topological polar surface area (TPSA) is 58.7 Å². The second-order valence-corrected chi connectivity index (χ2v) is 8.55. The number of aromatic amines is 1. The number of likely N-dealkylation sites (N-methyl/N-ethyl adjacent to an activating group) is 1. The first-order valence-corrected chi connectivity index (χ1v) is 11.2. The van der Waals surface area contributed by atoms with Gasteiger partial charge in [0.05, 0.1) is 6.54 Å². The molecule has 1 atom stereocenters. The van der Waals surface area contributed by atoms with Gasteiger partial charge in [-0.3, -0.25) is 9.89 Å². The van der Waals surface area contributed by atoms with Crippen LogP contribution in [0.1, 0.15) is 26.3 Å². The van der Waals surface area contributed by atoms with Crippen LogP contribution in [0.15, 0.2) is 29.4 Å². The molecule has 6 nitrogen and oxygen atoms in total. The smallest absolute Gasteiger partial charge is 0.191 e. The Balaban J connectivity index is 0.00000341. The van der Waals surface area contributed by atoms with Gasteiger partial charge in [-0.25, -0.2) is 4.39 Å². The Morgan fingerprint density at radius 2 is 1.94 bits per heavy atom. The molecule has 8 heteroatoms. The molecule has 1 aliphatic rings. The van der Waals surface area contributed by atoms with Crippen LogP contribution in [0.2, 0.25) is 0 Å². The highest BCUT2D eigenvalue weighted by Crippen LogP contribution is 2.19. The number of rotatable bonds is 8. The van der Waals surface area contributed by atoms with Gasteiger partial charge in [-0.1, -0.05) is 13.8 Å². The molecule has 0 radical (unpaired) electrons. The summed E-state index contributed by atoms with van der Waals surface area (Å²) < 4.78 is 13.4. The number of guanidine groups is 1. The van der Waals surface area contributed by atoms with E-state index < -0.39 is 0 Å². The third kappa shape index (κ3) is 7.32. The number of aliphatic imine (C=N–C) groups is 1. The van der Waals surface area contributed by atoms with E-state index in [1.165, 1.54) is 11.6 Å². The Morgan fingerprint density at radius 3 is 2.61 bits per heavy atom. The van der Waals surface area contributed by atoms with Crippen molar-refractivity contribution >= 4 is 40.8 Å². The highest BCUT2D eigenvalue weighted by molar-refractivity contribution is 14.0. The minimum absolute atomic E-state index is 0. The van der Waals surface area contributed by atoms with Crippen LogP contribution in [0.4, 0.5) is 4.39 Å². The lowest BCUT2D eigenvalue weighted by molar-refractivity contribution is 0.0925. The molecule has 0 amide bonds. The van der Waals surface area contributed by atoms with Crippen molar-refractivity contribution in [3.05, 3.63) is 35.8 Å². The van der Waals surface area contributed by atoms with Crippen LogP contribution in [0.5, 0.6) is 0 Å². The number of nitrogens with one attached hydrogen (secondary N) is 3. The van der Waals surface area contributed by atoms with Crippen LogP contribution in [0.3, 0.4) is 0 Å². The van der Waals surface area contributed by atoms with E-state index in [0.717, 1.165) is 69.1 Å². The summed E-state index contributed by atoms with van der Waals surface area (Å²) in [6.07, 6.45) is 2.82. The number of halogens is 2. The van der Waals surface area contributed by atoms with Crippen molar-refractivity contribution in [2.45, 2.75) is 33.2 Å². The zero-order chi connectivity index (χ0) is 21.5. The monoisotopic (exact) mass is 544 g/mol. The Hall–Kier alpha value is -1.39. The summed E-state index contributed by atoms with van der Waals surface area (Å²) in [5.41, 5.74) is 2.03. The van der Waals surface area contributed by atoms with Gasteiger partial charge < -0.3 is 20.5 Å². The molecule has 0 saturated carbocycles. The maximum atomic E-state index is 13.4. The van der Waals surface area contributed by atoms with Gasteiger partial charge in [-0.15, -0.1) is 24.0 Å². The van der Waals surface area contributed by atoms with E-state index in [2.05, 4.69) is 53.2 Å². The van der Waals surface area contributed by atoms with E-state index in [4.69, 9.17) is 4.99 Å². The molecule has 174 valence electrons. The Morgan fingerprint density at radius 1 is 1.19 bits per heavy atom. The van der Waals surface area contributed by atoms with Crippen molar-refractivity contribution in [1.82, 2.24) is 25.4 Å². The van der Waals surface area contributed by atoms with Gasteiger partial charge in [0.25, 0.3) is 0 Å². The Kier molecular flexibility index (Phi) is 10.5. The Labute approximate surface area is 203 Å². The number of aromatic nitrogens is 1. The van der Waals surface area contributed by atoms with Crippen LogP contribution >= 0.6 is 24.0 Å².